The van der Waals surface area contributed by atoms with Gasteiger partial charge in [0.2, 0.25) is 0 Å². The first-order valence-electron chi connectivity index (χ1n) is 5.28. The van der Waals surface area contributed by atoms with Gasteiger partial charge in [-0.2, -0.15) is 0 Å². The Morgan fingerprint density at radius 1 is 0.789 bits per heavy atom. The van der Waals surface area contributed by atoms with Crippen LogP contribution in [0.1, 0.15) is 0 Å². The van der Waals surface area contributed by atoms with E-state index < -0.39 is 14.1 Å². The Morgan fingerprint density at radius 2 is 1.21 bits per heavy atom. The van der Waals surface area contributed by atoms with Crippen LogP contribution in [0.5, 0.6) is 0 Å². The van der Waals surface area contributed by atoms with Crippen LogP contribution >= 0.6 is 113 Å². The first-order valence-corrected chi connectivity index (χ1v) is 9.82. The quantitative estimate of drug-likeness (QED) is 0.325. The summed E-state index contributed by atoms with van der Waals surface area (Å²) in [5.74, 6) is -0.504. The first kappa shape index (κ1) is 16.6. The minimum atomic E-state index is -1.51. The van der Waals surface area contributed by atoms with E-state index in [1.165, 1.54) is 0 Å². The predicted molar refractivity (Wildman–Crippen MR) is 92.4 cm³/mol. The summed E-state index contributed by atoms with van der Waals surface area (Å²) in [6, 6.07) is 0. The molecule has 2 fully saturated rings. The van der Waals surface area contributed by atoms with Crippen LogP contribution in [-0.4, -0.2) is 29.1 Å². The molecule has 0 amide bonds. The molecule has 108 valence electrons. The molecule has 0 spiro atoms. The summed E-state index contributed by atoms with van der Waals surface area (Å²) in [5.41, 5.74) is 0. The summed E-state index contributed by atoms with van der Waals surface area (Å²) in [6.07, 6.45) is 0. The van der Waals surface area contributed by atoms with Crippen molar-refractivity contribution in [2.75, 3.05) is 0 Å². The van der Waals surface area contributed by atoms with Gasteiger partial charge in [-0.1, -0.05) is 78.3 Å². The fraction of sp³-hybridized carbons (Fsp3) is 0.800. The van der Waals surface area contributed by atoms with Crippen molar-refractivity contribution in [2.24, 2.45) is 11.8 Å². The molecule has 0 N–H and O–H groups in total. The van der Waals surface area contributed by atoms with Crippen molar-refractivity contribution in [3.8, 4) is 0 Å². The SMILES string of the molecule is ClC1=C(Cl)C2(Cl)C3C(Br)C(Br)C(Cl)C3C1(Cl)C2(Cl)Cl. The lowest BCUT2D eigenvalue weighted by Crippen LogP contribution is -2.48. The molecule has 7 atom stereocenters. The van der Waals surface area contributed by atoms with Crippen molar-refractivity contribution in [1.29, 1.82) is 0 Å². The number of fused-ring (bicyclic) bond motifs is 5. The molecular formula is C10H5Br2Cl7. The zero-order valence-corrected chi connectivity index (χ0v) is 17.3. The van der Waals surface area contributed by atoms with Gasteiger partial charge in [0.15, 0.2) is 4.33 Å². The molecule has 0 heterocycles. The molecule has 0 radical (unpaired) electrons. The highest BCUT2D eigenvalue weighted by Gasteiger charge is 2.86. The van der Waals surface area contributed by atoms with Crippen molar-refractivity contribution in [3.05, 3.63) is 10.1 Å². The molecule has 3 aliphatic rings. The maximum Gasteiger partial charge on any atom is 0.166 e. The van der Waals surface area contributed by atoms with E-state index in [9.17, 15) is 0 Å². The van der Waals surface area contributed by atoms with Crippen LogP contribution < -0.4 is 0 Å². The minimum absolute atomic E-state index is 0.0307. The number of alkyl halides is 7. The second-order valence-corrected chi connectivity index (χ2v) is 10.9. The molecule has 0 aliphatic heterocycles. The van der Waals surface area contributed by atoms with Crippen LogP contribution in [0, 0.1) is 11.8 Å². The van der Waals surface area contributed by atoms with Gasteiger partial charge in [0.1, 0.15) is 9.75 Å². The van der Waals surface area contributed by atoms with Crippen molar-refractivity contribution in [3.63, 3.8) is 0 Å². The Labute approximate surface area is 162 Å². The molecule has 3 rings (SSSR count). The van der Waals surface area contributed by atoms with E-state index in [1.807, 2.05) is 0 Å². The highest BCUT2D eigenvalue weighted by atomic mass is 79.9. The summed E-state index contributed by atoms with van der Waals surface area (Å²) in [4.78, 5) is -2.61. The van der Waals surface area contributed by atoms with E-state index >= 15 is 0 Å². The second-order valence-electron chi connectivity index (χ2n) is 5.01. The largest absolute Gasteiger partial charge is 0.166 e. The summed E-state index contributed by atoms with van der Waals surface area (Å²) < 4.78 is -1.51. The van der Waals surface area contributed by atoms with Crippen LogP contribution in [0.4, 0.5) is 0 Å². The van der Waals surface area contributed by atoms with Crippen molar-refractivity contribution in [1.82, 2.24) is 0 Å². The summed E-state index contributed by atoms with van der Waals surface area (Å²) in [6.45, 7) is 0. The lowest BCUT2D eigenvalue weighted by molar-refractivity contribution is 0.392. The van der Waals surface area contributed by atoms with Crippen LogP contribution in [0.15, 0.2) is 10.1 Å². The van der Waals surface area contributed by atoms with Gasteiger partial charge < -0.3 is 0 Å². The molecule has 19 heavy (non-hydrogen) atoms. The third-order valence-electron chi connectivity index (χ3n) is 4.35. The number of halogens is 9. The molecule has 2 saturated carbocycles. The second kappa shape index (κ2) is 4.63. The smallest absolute Gasteiger partial charge is 0.121 e. The van der Waals surface area contributed by atoms with E-state index in [4.69, 9.17) is 81.2 Å². The standard InChI is InChI=1S/C10H5Br2Cl7/c11-3-1-2(5(13)4(3)12)9(17)7(15)6(14)8(1,16)10(9,18)19/h1-5H. The Kier molecular flexibility index (Phi) is 4.04. The maximum absolute atomic E-state index is 6.72. The van der Waals surface area contributed by atoms with Crippen LogP contribution in [-0.2, 0) is 0 Å². The molecule has 0 nitrogen and oxygen atoms in total. The van der Waals surface area contributed by atoms with Gasteiger partial charge in [-0.25, -0.2) is 0 Å². The maximum atomic E-state index is 6.72. The fourth-order valence-electron chi connectivity index (χ4n) is 3.47. The summed E-state index contributed by atoms with van der Waals surface area (Å²) >= 11 is 52.6. The van der Waals surface area contributed by atoms with Gasteiger partial charge in [0, 0.05) is 21.5 Å². The van der Waals surface area contributed by atoms with Crippen molar-refractivity contribution in [2.45, 2.75) is 29.1 Å². The molecular weight excluding hydrogens is 528 g/mol. The monoisotopic (exact) mass is 528 g/mol. The van der Waals surface area contributed by atoms with Crippen molar-refractivity contribution < 1.29 is 0 Å². The summed E-state index contributed by atoms with van der Waals surface area (Å²) in [5, 5.41) is 0.0962. The minimum Gasteiger partial charge on any atom is -0.121 e. The zero-order chi connectivity index (χ0) is 14.5. The molecule has 3 aliphatic carbocycles. The van der Waals surface area contributed by atoms with E-state index in [2.05, 4.69) is 31.9 Å². The summed E-state index contributed by atoms with van der Waals surface area (Å²) in [7, 11) is 0. The lowest BCUT2D eigenvalue weighted by atomic mass is 9.84. The van der Waals surface area contributed by atoms with Gasteiger partial charge >= 0.3 is 0 Å². The molecule has 9 heteroatoms. The molecule has 2 bridgehead atoms. The van der Waals surface area contributed by atoms with Gasteiger partial charge in [-0.05, 0) is 0 Å². The molecule has 0 aromatic rings. The Bertz CT molecular complexity index is 454. The van der Waals surface area contributed by atoms with Gasteiger partial charge in [-0.15, -0.1) is 34.8 Å². The number of allylic oxidation sites excluding steroid dienone is 2. The first-order chi connectivity index (χ1) is 8.54. The number of hydrogen-bond donors (Lipinski definition) is 0. The van der Waals surface area contributed by atoms with E-state index in [0.29, 0.717) is 0 Å². The highest BCUT2D eigenvalue weighted by molar-refractivity contribution is 9.12. The molecule has 7 unspecified atom stereocenters. The topological polar surface area (TPSA) is 0 Å². The third kappa shape index (κ3) is 1.54. The normalized spacial score (nSPS) is 58.9. The molecule has 0 aromatic heterocycles. The average molecular weight is 533 g/mol. The van der Waals surface area contributed by atoms with Crippen molar-refractivity contribution >= 4 is 113 Å². The van der Waals surface area contributed by atoms with Crippen LogP contribution in [0.3, 0.4) is 0 Å². The van der Waals surface area contributed by atoms with Gasteiger partial charge in [0.05, 0.1) is 15.4 Å². The average Bonchev–Trinajstić information content (AvgIpc) is 2.69. The Hall–Kier alpha value is 2.73. The molecule has 0 saturated heterocycles. The van der Waals surface area contributed by atoms with E-state index in [-0.39, 0.29) is 36.9 Å². The van der Waals surface area contributed by atoms with E-state index in [0.717, 1.165) is 0 Å². The van der Waals surface area contributed by atoms with Crippen LogP contribution in [0.2, 0.25) is 0 Å². The zero-order valence-electron chi connectivity index (χ0n) is 8.79. The highest BCUT2D eigenvalue weighted by Crippen LogP contribution is 2.80. The van der Waals surface area contributed by atoms with E-state index in [1.54, 1.807) is 0 Å². The van der Waals surface area contributed by atoms with Gasteiger partial charge in [-0.3, -0.25) is 0 Å². The Morgan fingerprint density at radius 3 is 1.68 bits per heavy atom. The third-order valence-corrected chi connectivity index (χ3v) is 12.5. The number of hydrogen-bond acceptors (Lipinski definition) is 0. The molecule has 0 aromatic carbocycles. The Balaban J connectivity index is 2.29. The van der Waals surface area contributed by atoms with Gasteiger partial charge in [0.25, 0.3) is 0 Å². The van der Waals surface area contributed by atoms with Crippen LogP contribution in [0.25, 0.3) is 0 Å². The lowest BCUT2D eigenvalue weighted by Gasteiger charge is -2.35. The number of rotatable bonds is 0. The fourth-order valence-corrected chi connectivity index (χ4v) is 9.16. The predicted octanol–water partition coefficient (Wildman–Crippen LogP) is 6.21.